The van der Waals surface area contributed by atoms with Crippen molar-refractivity contribution in [2.24, 2.45) is 0 Å². The first-order valence-corrected chi connectivity index (χ1v) is 6.91. The van der Waals surface area contributed by atoms with E-state index in [4.69, 9.17) is 9.47 Å². The Morgan fingerprint density at radius 2 is 1.58 bits per heavy atom. The summed E-state index contributed by atoms with van der Waals surface area (Å²) in [5, 5.41) is 0. The van der Waals surface area contributed by atoms with Gasteiger partial charge in [-0.2, -0.15) is 0 Å². The maximum Gasteiger partial charge on any atom is 0.342 e. The molecule has 0 saturated heterocycles. The van der Waals surface area contributed by atoms with Crippen molar-refractivity contribution in [3.05, 3.63) is 27.8 Å². The average Bonchev–Trinajstić information content (AvgIpc) is 2.37. The second-order valence-corrected chi connectivity index (χ2v) is 4.56. The van der Waals surface area contributed by atoms with Crippen LogP contribution in [0.15, 0.2) is 0 Å². The van der Waals surface area contributed by atoms with Crippen LogP contribution in [0.3, 0.4) is 0 Å². The normalized spacial score (nSPS) is 10.4. The molecule has 0 aliphatic heterocycles. The van der Waals surface area contributed by atoms with E-state index in [9.17, 15) is 4.79 Å². The van der Waals surface area contributed by atoms with Gasteiger partial charge >= 0.3 is 5.97 Å². The van der Waals surface area contributed by atoms with E-state index in [1.165, 1.54) is 5.56 Å². The highest BCUT2D eigenvalue weighted by atomic mass is 16.5. The van der Waals surface area contributed by atoms with Gasteiger partial charge in [-0.1, -0.05) is 6.92 Å². The molecular weight excluding hydrogens is 240 g/mol. The molecule has 0 heterocycles. The molecule has 0 N–H and O–H groups in total. The fourth-order valence-electron chi connectivity index (χ4n) is 2.36. The molecule has 0 aliphatic rings. The van der Waals surface area contributed by atoms with Crippen molar-refractivity contribution < 1.29 is 14.3 Å². The number of carbonyl (C=O) groups is 1. The molecule has 0 radical (unpaired) electrons. The van der Waals surface area contributed by atoms with Gasteiger partial charge in [-0.15, -0.1) is 0 Å². The minimum absolute atomic E-state index is 0.291. The van der Waals surface area contributed by atoms with Crippen LogP contribution >= 0.6 is 0 Å². The van der Waals surface area contributed by atoms with Crippen molar-refractivity contribution in [2.75, 3.05) is 13.2 Å². The first-order valence-electron chi connectivity index (χ1n) is 6.91. The van der Waals surface area contributed by atoms with E-state index in [0.717, 1.165) is 23.1 Å². The van der Waals surface area contributed by atoms with Crippen LogP contribution in [0, 0.1) is 20.8 Å². The fourth-order valence-corrected chi connectivity index (χ4v) is 2.36. The zero-order valence-electron chi connectivity index (χ0n) is 12.8. The number of ether oxygens (including phenoxy) is 2. The minimum atomic E-state index is -0.291. The Kier molecular flexibility index (Phi) is 5.40. The maximum absolute atomic E-state index is 12.2. The molecule has 0 bridgehead atoms. The van der Waals surface area contributed by atoms with Crippen LogP contribution in [0.4, 0.5) is 0 Å². The molecule has 0 saturated carbocycles. The van der Waals surface area contributed by atoms with Crippen LogP contribution in [-0.4, -0.2) is 19.2 Å². The molecule has 3 nitrogen and oxygen atoms in total. The number of carbonyl (C=O) groups excluding carboxylic acids is 1. The second kappa shape index (κ2) is 6.60. The Bertz CT molecular complexity index is 476. The van der Waals surface area contributed by atoms with Gasteiger partial charge in [0.05, 0.1) is 13.2 Å². The van der Waals surface area contributed by atoms with E-state index in [1.807, 2.05) is 27.7 Å². The van der Waals surface area contributed by atoms with Gasteiger partial charge in [0.1, 0.15) is 11.3 Å². The van der Waals surface area contributed by atoms with E-state index in [2.05, 4.69) is 13.8 Å². The smallest absolute Gasteiger partial charge is 0.342 e. The van der Waals surface area contributed by atoms with Crippen molar-refractivity contribution in [3.8, 4) is 5.75 Å². The van der Waals surface area contributed by atoms with Gasteiger partial charge in [-0.05, 0) is 63.3 Å². The lowest BCUT2D eigenvalue weighted by molar-refractivity contribution is 0.0520. The first kappa shape index (κ1) is 15.5. The zero-order valence-corrected chi connectivity index (χ0v) is 12.8. The van der Waals surface area contributed by atoms with Gasteiger partial charge in [0.2, 0.25) is 0 Å². The summed E-state index contributed by atoms with van der Waals surface area (Å²) in [6.07, 6.45) is 0.842. The molecule has 3 heteroatoms. The molecule has 0 atom stereocenters. The van der Waals surface area contributed by atoms with E-state index >= 15 is 0 Å². The van der Waals surface area contributed by atoms with Crippen molar-refractivity contribution in [2.45, 2.75) is 48.0 Å². The summed E-state index contributed by atoms with van der Waals surface area (Å²) in [6, 6.07) is 0. The molecule has 19 heavy (non-hydrogen) atoms. The Labute approximate surface area is 115 Å². The number of rotatable bonds is 5. The van der Waals surface area contributed by atoms with Crippen LogP contribution in [0.25, 0.3) is 0 Å². The maximum atomic E-state index is 12.2. The first-order chi connectivity index (χ1) is 8.99. The number of hydrogen-bond donors (Lipinski definition) is 0. The van der Waals surface area contributed by atoms with Crippen LogP contribution < -0.4 is 4.74 Å². The highest BCUT2D eigenvalue weighted by Crippen LogP contribution is 2.34. The SMILES string of the molecule is CCOC(=O)c1c(C)c(C)c(C)c(CC)c1OCC. The van der Waals surface area contributed by atoms with Crippen LogP contribution in [0.5, 0.6) is 5.75 Å². The molecule has 0 aliphatic carbocycles. The summed E-state index contributed by atoms with van der Waals surface area (Å²) >= 11 is 0. The highest BCUT2D eigenvalue weighted by Gasteiger charge is 2.23. The van der Waals surface area contributed by atoms with Gasteiger partial charge in [-0.3, -0.25) is 0 Å². The van der Waals surface area contributed by atoms with Crippen LogP contribution in [0.2, 0.25) is 0 Å². The van der Waals surface area contributed by atoms with Gasteiger partial charge < -0.3 is 9.47 Å². The van der Waals surface area contributed by atoms with Crippen LogP contribution in [0.1, 0.15) is 53.4 Å². The topological polar surface area (TPSA) is 35.5 Å². The van der Waals surface area contributed by atoms with Crippen molar-refractivity contribution in [3.63, 3.8) is 0 Å². The highest BCUT2D eigenvalue weighted by molar-refractivity contribution is 5.95. The fraction of sp³-hybridized carbons (Fsp3) is 0.562. The van der Waals surface area contributed by atoms with E-state index < -0.39 is 0 Å². The molecule has 0 amide bonds. The van der Waals surface area contributed by atoms with Crippen molar-refractivity contribution in [1.29, 1.82) is 0 Å². The van der Waals surface area contributed by atoms with Crippen molar-refractivity contribution in [1.82, 2.24) is 0 Å². The summed E-state index contributed by atoms with van der Waals surface area (Å²) in [7, 11) is 0. The molecule has 1 rings (SSSR count). The Morgan fingerprint density at radius 3 is 2.05 bits per heavy atom. The third kappa shape index (κ3) is 2.91. The predicted molar refractivity (Wildman–Crippen MR) is 77.2 cm³/mol. The lowest BCUT2D eigenvalue weighted by atomic mass is 9.91. The van der Waals surface area contributed by atoms with Gasteiger partial charge in [0, 0.05) is 0 Å². The second-order valence-electron chi connectivity index (χ2n) is 4.56. The average molecular weight is 264 g/mol. The summed E-state index contributed by atoms with van der Waals surface area (Å²) in [5.74, 6) is 0.408. The monoisotopic (exact) mass is 264 g/mol. The third-order valence-electron chi connectivity index (χ3n) is 3.58. The molecular formula is C16H24O3. The zero-order chi connectivity index (χ0) is 14.6. The minimum Gasteiger partial charge on any atom is -0.493 e. The van der Waals surface area contributed by atoms with Gasteiger partial charge in [0.15, 0.2) is 0 Å². The number of hydrogen-bond acceptors (Lipinski definition) is 3. The number of benzene rings is 1. The standard InChI is InChI=1S/C16H24O3/c1-7-13-11(5)10(4)12(6)14(15(13)18-8-2)16(17)19-9-3/h7-9H2,1-6H3. The summed E-state index contributed by atoms with van der Waals surface area (Å²) < 4.78 is 10.9. The summed E-state index contributed by atoms with van der Waals surface area (Å²) in [4.78, 5) is 12.2. The molecule has 0 fully saturated rings. The molecule has 0 spiro atoms. The summed E-state index contributed by atoms with van der Waals surface area (Å²) in [6.45, 7) is 12.8. The molecule has 106 valence electrons. The lowest BCUT2D eigenvalue weighted by Crippen LogP contribution is -2.14. The van der Waals surface area contributed by atoms with Crippen LogP contribution in [-0.2, 0) is 11.2 Å². The molecule has 1 aromatic carbocycles. The Hall–Kier alpha value is -1.51. The largest absolute Gasteiger partial charge is 0.493 e. The van der Waals surface area contributed by atoms with Gasteiger partial charge in [0.25, 0.3) is 0 Å². The lowest BCUT2D eigenvalue weighted by Gasteiger charge is -2.20. The van der Waals surface area contributed by atoms with E-state index in [-0.39, 0.29) is 5.97 Å². The van der Waals surface area contributed by atoms with Gasteiger partial charge in [-0.25, -0.2) is 4.79 Å². The summed E-state index contributed by atoms with van der Waals surface area (Å²) in [5.41, 5.74) is 4.99. The molecule has 1 aromatic rings. The van der Waals surface area contributed by atoms with E-state index in [1.54, 1.807) is 0 Å². The molecule has 0 unspecified atom stereocenters. The predicted octanol–water partition coefficient (Wildman–Crippen LogP) is 3.75. The Balaban J connectivity index is 3.57. The van der Waals surface area contributed by atoms with Crippen molar-refractivity contribution >= 4 is 5.97 Å². The molecule has 0 aromatic heterocycles. The van der Waals surface area contributed by atoms with E-state index in [0.29, 0.717) is 24.5 Å². The third-order valence-corrected chi connectivity index (χ3v) is 3.58. The number of esters is 1. The quantitative estimate of drug-likeness (QED) is 0.760. The Morgan fingerprint density at radius 1 is 0.947 bits per heavy atom.